The molecule has 0 aliphatic carbocycles. The molecule has 2 N–H and O–H groups in total. The van der Waals surface area contributed by atoms with Crippen molar-refractivity contribution in [1.29, 1.82) is 0 Å². The summed E-state index contributed by atoms with van der Waals surface area (Å²) >= 11 is 0. The molecule has 1 aromatic rings. The molecule has 0 amide bonds. The topological polar surface area (TPSA) is 83.8 Å². The molecule has 0 radical (unpaired) electrons. The molecule has 0 saturated heterocycles. The third-order valence-corrected chi connectivity index (χ3v) is 2.28. The number of carboxylic acid groups (broad SMARTS) is 2. The summed E-state index contributed by atoms with van der Waals surface area (Å²) in [5.74, 6) is -4.05. The van der Waals surface area contributed by atoms with Gasteiger partial charge in [0.1, 0.15) is 5.56 Å². The van der Waals surface area contributed by atoms with Gasteiger partial charge in [-0.2, -0.15) is 0 Å². The van der Waals surface area contributed by atoms with Crippen LogP contribution < -0.4 is 4.74 Å². The molecule has 5 nitrogen and oxygen atoms in total. The zero-order chi connectivity index (χ0) is 13.7. The number of para-hydroxylation sites is 1. The van der Waals surface area contributed by atoms with E-state index in [2.05, 4.69) is 0 Å². The lowest BCUT2D eigenvalue weighted by molar-refractivity contribution is -0.145. The van der Waals surface area contributed by atoms with Crippen molar-refractivity contribution in [2.75, 3.05) is 0 Å². The van der Waals surface area contributed by atoms with Crippen LogP contribution in [0, 0.1) is 5.82 Å². The van der Waals surface area contributed by atoms with Crippen molar-refractivity contribution in [2.24, 2.45) is 0 Å². The summed E-state index contributed by atoms with van der Waals surface area (Å²) < 4.78 is 18.5. The number of carbonyl (C=O) groups is 2. The number of carboxylic acids is 2. The molecule has 1 rings (SSSR count). The molecule has 0 aliphatic heterocycles. The molecular weight excluding hydrogens is 243 g/mol. The Morgan fingerprint density at radius 2 is 2.06 bits per heavy atom. The molecule has 0 heterocycles. The number of aliphatic carboxylic acids is 1. The Balaban J connectivity index is 3.08. The fraction of sp³-hybridized carbons (Fsp3) is 0.333. The first-order chi connectivity index (χ1) is 8.47. The van der Waals surface area contributed by atoms with E-state index in [-0.39, 0.29) is 6.42 Å². The maximum Gasteiger partial charge on any atom is 0.344 e. The van der Waals surface area contributed by atoms with Gasteiger partial charge in [0, 0.05) is 0 Å². The van der Waals surface area contributed by atoms with Crippen LogP contribution in [-0.2, 0) is 4.79 Å². The summed E-state index contributed by atoms with van der Waals surface area (Å²) in [6.07, 6.45) is -0.568. The predicted molar refractivity (Wildman–Crippen MR) is 60.3 cm³/mol. The van der Waals surface area contributed by atoms with Crippen LogP contribution in [0.3, 0.4) is 0 Å². The van der Waals surface area contributed by atoms with Gasteiger partial charge in [-0.25, -0.2) is 14.0 Å². The molecular formula is C12H13FO5. The summed E-state index contributed by atoms with van der Waals surface area (Å²) in [5.41, 5.74) is -0.391. The van der Waals surface area contributed by atoms with E-state index in [1.807, 2.05) is 0 Å². The molecule has 0 aliphatic rings. The average Bonchev–Trinajstić information content (AvgIpc) is 2.30. The molecule has 1 unspecified atom stereocenters. The zero-order valence-electron chi connectivity index (χ0n) is 9.72. The van der Waals surface area contributed by atoms with Crippen LogP contribution in [-0.4, -0.2) is 28.3 Å². The number of benzene rings is 1. The van der Waals surface area contributed by atoms with E-state index in [9.17, 15) is 14.0 Å². The smallest absolute Gasteiger partial charge is 0.344 e. The lowest BCUT2D eigenvalue weighted by Gasteiger charge is -2.16. The van der Waals surface area contributed by atoms with E-state index in [0.717, 1.165) is 12.1 Å². The summed E-state index contributed by atoms with van der Waals surface area (Å²) in [4.78, 5) is 21.8. The van der Waals surface area contributed by atoms with E-state index >= 15 is 0 Å². The third-order valence-electron chi connectivity index (χ3n) is 2.28. The molecule has 0 spiro atoms. The second-order valence-electron chi connectivity index (χ2n) is 3.66. The third kappa shape index (κ3) is 3.19. The summed E-state index contributed by atoms with van der Waals surface area (Å²) in [5, 5.41) is 17.8. The van der Waals surface area contributed by atoms with Gasteiger partial charge >= 0.3 is 11.9 Å². The molecule has 1 aromatic carbocycles. The van der Waals surface area contributed by atoms with E-state index in [1.54, 1.807) is 6.92 Å². The molecule has 0 bridgehead atoms. The summed E-state index contributed by atoms with van der Waals surface area (Å²) in [7, 11) is 0. The Labute approximate surface area is 103 Å². The number of rotatable bonds is 6. The Bertz CT molecular complexity index is 458. The maximum absolute atomic E-state index is 13.5. The molecule has 18 heavy (non-hydrogen) atoms. The number of hydrogen-bond acceptors (Lipinski definition) is 3. The van der Waals surface area contributed by atoms with Gasteiger partial charge in [-0.3, -0.25) is 0 Å². The zero-order valence-corrected chi connectivity index (χ0v) is 9.72. The summed E-state index contributed by atoms with van der Waals surface area (Å²) in [6, 6.07) is 3.40. The number of hydrogen-bond donors (Lipinski definition) is 2. The van der Waals surface area contributed by atoms with Gasteiger partial charge < -0.3 is 14.9 Å². The first-order valence-corrected chi connectivity index (χ1v) is 5.38. The highest BCUT2D eigenvalue weighted by Crippen LogP contribution is 2.24. The van der Waals surface area contributed by atoms with E-state index < -0.39 is 35.2 Å². The van der Waals surface area contributed by atoms with Crippen LogP contribution >= 0.6 is 0 Å². The molecule has 0 aromatic heterocycles. The van der Waals surface area contributed by atoms with Gasteiger partial charge in [-0.1, -0.05) is 19.4 Å². The van der Waals surface area contributed by atoms with Crippen LogP contribution in [0.1, 0.15) is 30.1 Å². The number of ether oxygens (including phenoxy) is 1. The highest BCUT2D eigenvalue weighted by atomic mass is 19.1. The fourth-order valence-electron chi connectivity index (χ4n) is 1.43. The molecule has 0 saturated carbocycles. The van der Waals surface area contributed by atoms with Gasteiger partial charge in [0.25, 0.3) is 0 Å². The SMILES string of the molecule is CCCC(Oc1c(F)cccc1C(=O)O)C(=O)O. The van der Waals surface area contributed by atoms with Crippen LogP contribution in [0.25, 0.3) is 0 Å². The number of halogens is 1. The molecule has 1 atom stereocenters. The fourth-order valence-corrected chi connectivity index (χ4v) is 1.43. The highest BCUT2D eigenvalue weighted by molar-refractivity contribution is 5.91. The Morgan fingerprint density at radius 3 is 2.56 bits per heavy atom. The lowest BCUT2D eigenvalue weighted by atomic mass is 10.1. The minimum atomic E-state index is -1.37. The van der Waals surface area contributed by atoms with Crippen molar-refractivity contribution < 1.29 is 28.9 Å². The molecule has 98 valence electrons. The second kappa shape index (κ2) is 6.00. The Kier molecular flexibility index (Phi) is 4.65. The van der Waals surface area contributed by atoms with E-state index in [0.29, 0.717) is 6.42 Å². The van der Waals surface area contributed by atoms with Crippen LogP contribution in [0.2, 0.25) is 0 Å². The molecule has 6 heteroatoms. The standard InChI is InChI=1S/C12H13FO5/c1-2-4-9(12(16)17)18-10-7(11(14)15)5-3-6-8(10)13/h3,5-6,9H,2,4H2,1H3,(H,14,15)(H,16,17). The normalized spacial score (nSPS) is 11.9. The Morgan fingerprint density at radius 1 is 1.39 bits per heavy atom. The van der Waals surface area contributed by atoms with Gasteiger partial charge in [-0.15, -0.1) is 0 Å². The highest BCUT2D eigenvalue weighted by Gasteiger charge is 2.23. The van der Waals surface area contributed by atoms with Crippen molar-refractivity contribution in [3.8, 4) is 5.75 Å². The van der Waals surface area contributed by atoms with Crippen LogP contribution in [0.5, 0.6) is 5.75 Å². The quantitative estimate of drug-likeness (QED) is 0.814. The average molecular weight is 256 g/mol. The van der Waals surface area contributed by atoms with E-state index in [4.69, 9.17) is 14.9 Å². The van der Waals surface area contributed by atoms with Gasteiger partial charge in [-0.05, 0) is 18.6 Å². The minimum Gasteiger partial charge on any atom is -0.479 e. The van der Waals surface area contributed by atoms with Crippen LogP contribution in [0.15, 0.2) is 18.2 Å². The van der Waals surface area contributed by atoms with Gasteiger partial charge in [0.05, 0.1) is 0 Å². The van der Waals surface area contributed by atoms with Crippen molar-refractivity contribution in [1.82, 2.24) is 0 Å². The van der Waals surface area contributed by atoms with Gasteiger partial charge in [0.2, 0.25) is 0 Å². The summed E-state index contributed by atoms with van der Waals surface area (Å²) in [6.45, 7) is 1.75. The number of aromatic carboxylic acids is 1. The molecule has 0 fully saturated rings. The van der Waals surface area contributed by atoms with Gasteiger partial charge in [0.15, 0.2) is 17.7 Å². The van der Waals surface area contributed by atoms with Crippen LogP contribution in [0.4, 0.5) is 4.39 Å². The van der Waals surface area contributed by atoms with E-state index in [1.165, 1.54) is 6.07 Å². The van der Waals surface area contributed by atoms with Crippen molar-refractivity contribution in [2.45, 2.75) is 25.9 Å². The lowest BCUT2D eigenvalue weighted by Crippen LogP contribution is -2.27. The Hall–Kier alpha value is -2.11. The first kappa shape index (κ1) is 14.0. The predicted octanol–water partition coefficient (Wildman–Crippen LogP) is 2.16. The largest absolute Gasteiger partial charge is 0.479 e. The monoisotopic (exact) mass is 256 g/mol. The maximum atomic E-state index is 13.5. The van der Waals surface area contributed by atoms with Crippen molar-refractivity contribution in [3.05, 3.63) is 29.6 Å². The van der Waals surface area contributed by atoms with Crippen molar-refractivity contribution >= 4 is 11.9 Å². The minimum absolute atomic E-state index is 0.169. The first-order valence-electron chi connectivity index (χ1n) is 5.38. The van der Waals surface area contributed by atoms with Crippen molar-refractivity contribution in [3.63, 3.8) is 0 Å². The second-order valence-corrected chi connectivity index (χ2v) is 3.66.